The highest BCUT2D eigenvalue weighted by Crippen LogP contribution is 2.20. The molecule has 0 unspecified atom stereocenters. The maximum atomic E-state index is 9.38. The number of aromatic nitrogens is 2. The van der Waals surface area contributed by atoms with Crippen LogP contribution in [0.4, 0.5) is 0 Å². The summed E-state index contributed by atoms with van der Waals surface area (Å²) in [6, 6.07) is 19.3. The quantitative estimate of drug-likeness (QED) is 0.653. The molecule has 26 heavy (non-hydrogen) atoms. The Morgan fingerprint density at radius 3 is 1.27 bits per heavy atom. The number of allylic oxidation sites excluding steroid dienone is 2. The fraction of sp³-hybridized carbons (Fsp3) is 0. The third-order valence-electron chi connectivity index (χ3n) is 3.78. The Balaban J connectivity index is 1.87. The highest BCUT2D eigenvalue weighted by atomic mass is 14.6. The molecular weight excluding hydrogens is 320 g/mol. The molecular formula is C22H14N4. The normalized spacial score (nSPS) is 11.5. The van der Waals surface area contributed by atoms with Crippen LogP contribution in [0.15, 0.2) is 73.3 Å². The highest BCUT2D eigenvalue weighted by molar-refractivity contribution is 5.91. The summed E-state index contributed by atoms with van der Waals surface area (Å²) in [4.78, 5) is 7.94. The molecule has 2 heterocycles. The van der Waals surface area contributed by atoms with Crippen molar-refractivity contribution in [2.45, 2.75) is 0 Å². The van der Waals surface area contributed by atoms with Crippen molar-refractivity contribution in [2.75, 3.05) is 0 Å². The van der Waals surface area contributed by atoms with Crippen molar-refractivity contribution in [1.82, 2.24) is 9.97 Å². The predicted octanol–water partition coefficient (Wildman–Crippen LogP) is 4.60. The number of hydrogen-bond acceptors (Lipinski definition) is 4. The molecule has 0 atom stereocenters. The number of benzene rings is 1. The van der Waals surface area contributed by atoms with Crippen LogP contribution in [0.1, 0.15) is 22.3 Å². The van der Waals surface area contributed by atoms with Crippen molar-refractivity contribution >= 4 is 23.3 Å². The van der Waals surface area contributed by atoms with E-state index in [1.807, 2.05) is 36.4 Å². The van der Waals surface area contributed by atoms with E-state index >= 15 is 0 Å². The molecule has 0 fully saturated rings. The maximum absolute atomic E-state index is 9.38. The molecule has 3 aromatic rings. The van der Waals surface area contributed by atoms with Gasteiger partial charge in [-0.2, -0.15) is 10.5 Å². The Bertz CT molecular complexity index is 933. The van der Waals surface area contributed by atoms with E-state index in [9.17, 15) is 10.5 Å². The molecule has 0 aliphatic rings. The molecule has 0 spiro atoms. The minimum Gasteiger partial charge on any atom is -0.265 e. The molecule has 0 radical (unpaired) electrons. The number of nitrogens with zero attached hydrogens (tertiary/aromatic N) is 4. The van der Waals surface area contributed by atoms with Crippen molar-refractivity contribution in [2.24, 2.45) is 0 Å². The third-order valence-corrected chi connectivity index (χ3v) is 3.78. The molecule has 0 aliphatic carbocycles. The number of rotatable bonds is 4. The van der Waals surface area contributed by atoms with Crippen LogP contribution in [0.25, 0.3) is 23.3 Å². The second-order valence-corrected chi connectivity index (χ2v) is 5.48. The molecule has 0 bridgehead atoms. The molecule has 0 aliphatic heterocycles. The van der Waals surface area contributed by atoms with Gasteiger partial charge in [0.2, 0.25) is 0 Å². The Kier molecular flexibility index (Phi) is 5.30. The minimum atomic E-state index is 0.574. The largest absolute Gasteiger partial charge is 0.265 e. The van der Waals surface area contributed by atoms with E-state index in [2.05, 4.69) is 22.1 Å². The lowest BCUT2D eigenvalue weighted by molar-refractivity contribution is 1.32. The van der Waals surface area contributed by atoms with Crippen LogP contribution in [0, 0.1) is 22.7 Å². The van der Waals surface area contributed by atoms with Crippen molar-refractivity contribution in [1.29, 1.82) is 10.5 Å². The van der Waals surface area contributed by atoms with Crippen LogP contribution >= 0.6 is 0 Å². The van der Waals surface area contributed by atoms with Gasteiger partial charge in [-0.15, -0.1) is 0 Å². The molecule has 1 aromatic carbocycles. The van der Waals surface area contributed by atoms with Crippen molar-refractivity contribution in [3.63, 3.8) is 0 Å². The first kappa shape index (κ1) is 16.8. The summed E-state index contributed by atoms with van der Waals surface area (Å²) in [7, 11) is 0. The Labute approximate surface area is 152 Å². The number of pyridine rings is 2. The minimum absolute atomic E-state index is 0.574. The zero-order valence-electron chi connectivity index (χ0n) is 13.9. The molecule has 4 heteroatoms. The average Bonchev–Trinajstić information content (AvgIpc) is 2.72. The van der Waals surface area contributed by atoms with Crippen LogP contribution < -0.4 is 0 Å². The van der Waals surface area contributed by atoms with Crippen LogP contribution in [0.3, 0.4) is 0 Å². The topological polar surface area (TPSA) is 73.4 Å². The molecule has 3 rings (SSSR count). The number of nitriles is 2. The van der Waals surface area contributed by atoms with Gasteiger partial charge in [0, 0.05) is 24.8 Å². The van der Waals surface area contributed by atoms with Gasteiger partial charge in [0.25, 0.3) is 0 Å². The lowest BCUT2D eigenvalue weighted by Crippen LogP contribution is -1.84. The fourth-order valence-corrected chi connectivity index (χ4v) is 2.45. The van der Waals surface area contributed by atoms with Crippen LogP contribution in [0.2, 0.25) is 0 Å². The molecule has 0 saturated heterocycles. The van der Waals surface area contributed by atoms with E-state index in [1.54, 1.807) is 49.1 Å². The first-order valence-electron chi connectivity index (χ1n) is 7.94. The predicted molar refractivity (Wildman–Crippen MR) is 102 cm³/mol. The molecule has 4 nitrogen and oxygen atoms in total. The summed E-state index contributed by atoms with van der Waals surface area (Å²) in [6.07, 6.45) is 10.3. The van der Waals surface area contributed by atoms with E-state index in [-0.39, 0.29) is 0 Å². The SMILES string of the molecule is N#C/C(=C\c1ccc(/C=C(/C#N)c2ccncc2)cc1)c1ccncc1. The van der Waals surface area contributed by atoms with Crippen LogP contribution in [0.5, 0.6) is 0 Å². The Hall–Kier alpha value is -4.02. The monoisotopic (exact) mass is 334 g/mol. The Morgan fingerprint density at radius 1 is 0.615 bits per heavy atom. The van der Waals surface area contributed by atoms with Gasteiger partial charge in [0.1, 0.15) is 0 Å². The zero-order chi connectivity index (χ0) is 18.2. The first-order chi connectivity index (χ1) is 12.8. The van der Waals surface area contributed by atoms with E-state index in [0.717, 1.165) is 22.3 Å². The summed E-state index contributed by atoms with van der Waals surface area (Å²) in [5.41, 5.74) is 4.64. The van der Waals surface area contributed by atoms with Gasteiger partial charge in [-0.3, -0.25) is 9.97 Å². The van der Waals surface area contributed by atoms with Crippen LogP contribution in [-0.4, -0.2) is 9.97 Å². The summed E-state index contributed by atoms with van der Waals surface area (Å²) in [5.74, 6) is 0. The van der Waals surface area contributed by atoms with E-state index < -0.39 is 0 Å². The molecule has 122 valence electrons. The van der Waals surface area contributed by atoms with Crippen LogP contribution in [-0.2, 0) is 0 Å². The highest BCUT2D eigenvalue weighted by Gasteiger charge is 2.02. The van der Waals surface area contributed by atoms with Crippen molar-refractivity contribution < 1.29 is 0 Å². The summed E-state index contributed by atoms with van der Waals surface area (Å²) >= 11 is 0. The lowest BCUT2D eigenvalue weighted by atomic mass is 10.0. The van der Waals surface area contributed by atoms with Crippen molar-refractivity contribution in [3.8, 4) is 12.1 Å². The van der Waals surface area contributed by atoms with Gasteiger partial charge in [-0.25, -0.2) is 0 Å². The smallest absolute Gasteiger partial charge is 0.0998 e. The summed E-state index contributed by atoms with van der Waals surface area (Å²) in [6.45, 7) is 0. The van der Waals surface area contributed by atoms with E-state index in [4.69, 9.17) is 0 Å². The standard InChI is InChI=1S/C22H14N4/c23-15-21(19-5-9-25-10-6-19)13-17-1-2-18(4-3-17)14-22(16-24)20-7-11-26-12-8-20/h1-14H/b21-13-,22-14+. The summed E-state index contributed by atoms with van der Waals surface area (Å²) in [5, 5.41) is 18.8. The molecule has 0 N–H and O–H groups in total. The lowest BCUT2D eigenvalue weighted by Gasteiger charge is -2.01. The zero-order valence-corrected chi connectivity index (χ0v) is 13.9. The number of hydrogen-bond donors (Lipinski definition) is 0. The van der Waals surface area contributed by atoms with Gasteiger partial charge < -0.3 is 0 Å². The van der Waals surface area contributed by atoms with Crippen molar-refractivity contribution in [3.05, 3.63) is 95.6 Å². The second-order valence-electron chi connectivity index (χ2n) is 5.48. The van der Waals surface area contributed by atoms with E-state index in [0.29, 0.717) is 11.1 Å². The van der Waals surface area contributed by atoms with Gasteiger partial charge in [0.15, 0.2) is 0 Å². The summed E-state index contributed by atoms with van der Waals surface area (Å²) < 4.78 is 0. The van der Waals surface area contributed by atoms with Gasteiger partial charge >= 0.3 is 0 Å². The fourth-order valence-electron chi connectivity index (χ4n) is 2.45. The molecule has 2 aromatic heterocycles. The Morgan fingerprint density at radius 2 is 0.962 bits per heavy atom. The van der Waals surface area contributed by atoms with Gasteiger partial charge in [-0.05, 0) is 58.7 Å². The third kappa shape index (κ3) is 4.08. The second kappa shape index (κ2) is 8.19. The maximum Gasteiger partial charge on any atom is 0.0998 e. The first-order valence-corrected chi connectivity index (χ1v) is 7.94. The van der Waals surface area contributed by atoms with Gasteiger partial charge in [-0.1, -0.05) is 24.3 Å². The van der Waals surface area contributed by atoms with Gasteiger partial charge in [0.05, 0.1) is 23.3 Å². The molecule has 0 saturated carbocycles. The average molecular weight is 334 g/mol. The molecule has 0 amide bonds. The van der Waals surface area contributed by atoms with E-state index in [1.165, 1.54) is 0 Å².